The highest BCUT2D eigenvalue weighted by Gasteiger charge is 2.16. The zero-order chi connectivity index (χ0) is 12.6. The van der Waals surface area contributed by atoms with Crippen molar-refractivity contribution in [3.63, 3.8) is 0 Å². The fraction of sp³-hybridized carbons (Fsp3) is 0.833. The number of carbonyl (C=O) groups excluding carboxylic acids is 1. The largest absolute Gasteiger partial charge is 0.375 e. The smallest absolute Gasteiger partial charge is 0.224 e. The molecule has 0 heterocycles. The highest BCUT2D eigenvalue weighted by Crippen LogP contribution is 2.13. The van der Waals surface area contributed by atoms with E-state index in [4.69, 9.17) is 10.00 Å². The van der Waals surface area contributed by atoms with Gasteiger partial charge < -0.3 is 9.64 Å². The van der Waals surface area contributed by atoms with Gasteiger partial charge in [-0.15, -0.1) is 0 Å². The molecule has 0 rings (SSSR count). The molecule has 0 fully saturated rings. The van der Waals surface area contributed by atoms with Gasteiger partial charge in [0, 0.05) is 13.6 Å². The molecule has 0 saturated heterocycles. The van der Waals surface area contributed by atoms with Gasteiger partial charge in [0.05, 0.1) is 31.1 Å². The van der Waals surface area contributed by atoms with E-state index in [0.29, 0.717) is 26.0 Å². The second-order valence-electron chi connectivity index (χ2n) is 4.44. The van der Waals surface area contributed by atoms with Gasteiger partial charge in [0.1, 0.15) is 0 Å². The summed E-state index contributed by atoms with van der Waals surface area (Å²) in [6, 6.07) is 2.02. The Bertz CT molecular complexity index is 256. The summed E-state index contributed by atoms with van der Waals surface area (Å²) >= 11 is 0. The minimum absolute atomic E-state index is 0.0298. The molecule has 1 amide bonds. The predicted molar refractivity (Wildman–Crippen MR) is 62.8 cm³/mol. The Morgan fingerprint density at radius 1 is 1.50 bits per heavy atom. The van der Waals surface area contributed by atoms with E-state index in [1.54, 1.807) is 11.9 Å². The first-order valence-corrected chi connectivity index (χ1v) is 5.68. The Morgan fingerprint density at radius 3 is 2.62 bits per heavy atom. The maximum Gasteiger partial charge on any atom is 0.224 e. The predicted octanol–water partition coefficient (Wildman–Crippen LogP) is 1.95. The fourth-order valence-electron chi connectivity index (χ4n) is 1.05. The van der Waals surface area contributed by atoms with Gasteiger partial charge in [-0.05, 0) is 20.3 Å². The van der Waals surface area contributed by atoms with Crippen molar-refractivity contribution in [2.24, 2.45) is 0 Å². The first-order valence-electron chi connectivity index (χ1n) is 5.68. The van der Waals surface area contributed by atoms with Gasteiger partial charge in [0.15, 0.2) is 0 Å². The topological polar surface area (TPSA) is 53.3 Å². The molecule has 0 aromatic rings. The van der Waals surface area contributed by atoms with Gasteiger partial charge in [-0.25, -0.2) is 0 Å². The van der Waals surface area contributed by atoms with E-state index in [0.717, 1.165) is 6.42 Å². The van der Waals surface area contributed by atoms with Crippen molar-refractivity contribution < 1.29 is 9.53 Å². The van der Waals surface area contributed by atoms with Crippen LogP contribution in [0.1, 0.15) is 40.0 Å². The molecule has 0 N–H and O–H groups in total. The van der Waals surface area contributed by atoms with Gasteiger partial charge in [0.25, 0.3) is 0 Å². The maximum absolute atomic E-state index is 11.6. The average molecular weight is 226 g/mol. The molecule has 92 valence electrons. The van der Waals surface area contributed by atoms with Crippen LogP contribution in [-0.2, 0) is 9.53 Å². The summed E-state index contributed by atoms with van der Waals surface area (Å²) < 4.78 is 5.59. The molecular formula is C12H22N2O2. The molecule has 0 aliphatic carbocycles. The number of ether oxygens (including phenoxy) is 1. The third kappa shape index (κ3) is 6.41. The molecule has 0 saturated carbocycles. The fourth-order valence-corrected chi connectivity index (χ4v) is 1.05. The molecule has 0 aliphatic rings. The van der Waals surface area contributed by atoms with Crippen molar-refractivity contribution >= 4 is 5.91 Å². The minimum atomic E-state index is -0.161. The van der Waals surface area contributed by atoms with E-state index in [-0.39, 0.29) is 11.5 Å². The van der Waals surface area contributed by atoms with Crippen LogP contribution in [0.4, 0.5) is 0 Å². The lowest BCUT2D eigenvalue weighted by Gasteiger charge is -2.24. The van der Waals surface area contributed by atoms with Gasteiger partial charge in [-0.1, -0.05) is 6.92 Å². The molecule has 0 unspecified atom stereocenters. The first kappa shape index (κ1) is 14.9. The van der Waals surface area contributed by atoms with E-state index in [2.05, 4.69) is 6.92 Å². The maximum atomic E-state index is 11.6. The van der Waals surface area contributed by atoms with Crippen LogP contribution in [0.5, 0.6) is 0 Å². The molecular weight excluding hydrogens is 204 g/mol. The Kier molecular flexibility index (Phi) is 6.75. The molecule has 0 bridgehead atoms. The molecule has 4 heteroatoms. The lowest BCUT2D eigenvalue weighted by Crippen LogP contribution is -2.30. The number of rotatable bonds is 7. The standard InChI is InChI=1S/C12H22N2O2/c1-5-12(2,3)16-10-7-11(15)14(4)9-6-8-13/h5-7,9-10H2,1-4H3. The number of nitriles is 1. The Hall–Kier alpha value is -1.08. The second-order valence-corrected chi connectivity index (χ2v) is 4.44. The zero-order valence-electron chi connectivity index (χ0n) is 10.7. The molecule has 0 atom stereocenters. The van der Waals surface area contributed by atoms with Crippen LogP contribution in [-0.4, -0.2) is 36.6 Å². The third-order valence-electron chi connectivity index (χ3n) is 2.64. The van der Waals surface area contributed by atoms with Crippen molar-refractivity contribution in [2.45, 2.75) is 45.6 Å². The van der Waals surface area contributed by atoms with Crippen LogP contribution in [0.3, 0.4) is 0 Å². The SMILES string of the molecule is CCC(C)(C)OCCC(=O)N(C)CCC#N. The third-order valence-corrected chi connectivity index (χ3v) is 2.64. The summed E-state index contributed by atoms with van der Waals surface area (Å²) in [6.07, 6.45) is 1.68. The minimum Gasteiger partial charge on any atom is -0.375 e. The summed E-state index contributed by atoms with van der Waals surface area (Å²) in [5, 5.41) is 8.40. The van der Waals surface area contributed by atoms with Crippen LogP contribution in [0.15, 0.2) is 0 Å². The quantitative estimate of drug-likeness (QED) is 0.666. The van der Waals surface area contributed by atoms with E-state index in [1.165, 1.54) is 0 Å². The molecule has 4 nitrogen and oxygen atoms in total. The Balaban J connectivity index is 3.77. The Morgan fingerprint density at radius 2 is 2.12 bits per heavy atom. The van der Waals surface area contributed by atoms with Crippen molar-refractivity contribution in [3.8, 4) is 6.07 Å². The van der Waals surface area contributed by atoms with E-state index in [9.17, 15) is 4.79 Å². The van der Waals surface area contributed by atoms with Crippen LogP contribution in [0.2, 0.25) is 0 Å². The summed E-state index contributed by atoms with van der Waals surface area (Å²) in [7, 11) is 1.71. The molecule has 0 radical (unpaired) electrons. The lowest BCUT2D eigenvalue weighted by molar-refractivity contribution is -0.132. The van der Waals surface area contributed by atoms with Crippen molar-refractivity contribution in [1.29, 1.82) is 5.26 Å². The Labute approximate surface area is 98.2 Å². The average Bonchev–Trinajstić information content (AvgIpc) is 2.25. The summed E-state index contributed by atoms with van der Waals surface area (Å²) in [5.41, 5.74) is -0.161. The number of amides is 1. The highest BCUT2D eigenvalue weighted by molar-refractivity contribution is 5.75. The first-order chi connectivity index (χ1) is 7.43. The molecule has 0 aromatic heterocycles. The zero-order valence-corrected chi connectivity index (χ0v) is 10.7. The van der Waals surface area contributed by atoms with Gasteiger partial charge in [-0.3, -0.25) is 4.79 Å². The number of carbonyl (C=O) groups is 1. The number of hydrogen-bond acceptors (Lipinski definition) is 3. The van der Waals surface area contributed by atoms with Crippen LogP contribution in [0, 0.1) is 11.3 Å². The summed E-state index contributed by atoms with van der Waals surface area (Å²) in [4.78, 5) is 13.1. The number of hydrogen-bond donors (Lipinski definition) is 0. The van der Waals surface area contributed by atoms with E-state index in [1.807, 2.05) is 19.9 Å². The van der Waals surface area contributed by atoms with Crippen LogP contribution in [0.25, 0.3) is 0 Å². The van der Waals surface area contributed by atoms with E-state index < -0.39 is 0 Å². The molecule has 0 aliphatic heterocycles. The van der Waals surface area contributed by atoms with Crippen LogP contribution >= 0.6 is 0 Å². The van der Waals surface area contributed by atoms with E-state index >= 15 is 0 Å². The number of nitrogens with zero attached hydrogens (tertiary/aromatic N) is 2. The second kappa shape index (κ2) is 7.24. The van der Waals surface area contributed by atoms with Crippen molar-refractivity contribution in [2.75, 3.05) is 20.2 Å². The lowest BCUT2D eigenvalue weighted by atomic mass is 10.1. The molecule has 16 heavy (non-hydrogen) atoms. The van der Waals surface area contributed by atoms with Gasteiger partial charge in [-0.2, -0.15) is 5.26 Å². The monoisotopic (exact) mass is 226 g/mol. The van der Waals surface area contributed by atoms with Crippen molar-refractivity contribution in [1.82, 2.24) is 4.90 Å². The van der Waals surface area contributed by atoms with Crippen molar-refractivity contribution in [3.05, 3.63) is 0 Å². The molecule has 0 aromatic carbocycles. The van der Waals surface area contributed by atoms with Gasteiger partial charge >= 0.3 is 0 Å². The van der Waals surface area contributed by atoms with Gasteiger partial charge in [0.2, 0.25) is 5.91 Å². The summed E-state index contributed by atoms with van der Waals surface area (Å²) in [6.45, 7) is 7.01. The summed E-state index contributed by atoms with van der Waals surface area (Å²) in [5.74, 6) is 0.0298. The van der Waals surface area contributed by atoms with Crippen LogP contribution < -0.4 is 0 Å². The molecule has 0 spiro atoms. The normalized spacial score (nSPS) is 10.9. The highest BCUT2D eigenvalue weighted by atomic mass is 16.5.